The van der Waals surface area contributed by atoms with E-state index in [0.717, 1.165) is 0 Å². The summed E-state index contributed by atoms with van der Waals surface area (Å²) in [6, 6.07) is 57.9. The second kappa shape index (κ2) is 11.4. The van der Waals surface area contributed by atoms with Gasteiger partial charge in [0.1, 0.15) is 0 Å². The molecule has 0 amide bonds. The van der Waals surface area contributed by atoms with Crippen molar-refractivity contribution < 1.29 is 0 Å². The lowest BCUT2D eigenvalue weighted by atomic mass is 9.70. The minimum Gasteiger partial charge on any atom is -0.310 e. The van der Waals surface area contributed by atoms with Crippen LogP contribution < -0.4 is 10.1 Å². The molecule has 0 saturated heterocycles. The normalized spacial score (nSPS) is 14.0. The molecule has 2 aliphatic carbocycles. The van der Waals surface area contributed by atoms with Crippen molar-refractivity contribution in [3.63, 3.8) is 0 Å². The summed E-state index contributed by atoms with van der Waals surface area (Å²) in [6.45, 7) is 14.2. The highest BCUT2D eigenvalue weighted by Gasteiger charge is 2.52. The highest BCUT2D eigenvalue weighted by atomic mass is 32.1. The number of thiophene rings is 1. The summed E-state index contributed by atoms with van der Waals surface area (Å²) >= 11 is 1.95. The third-order valence-electron chi connectivity index (χ3n) is 11.8. The summed E-state index contributed by atoms with van der Waals surface area (Å²) in [5.41, 5.74) is 15.5. The van der Waals surface area contributed by atoms with Crippen LogP contribution >= 0.6 is 11.3 Å². The molecule has 0 N–H and O–H groups in total. The zero-order valence-corrected chi connectivity index (χ0v) is 33.1. The molecule has 0 bridgehead atoms. The van der Waals surface area contributed by atoms with Gasteiger partial charge < -0.3 is 4.90 Å². The monoisotopic (exact) mass is 717 g/mol. The minimum atomic E-state index is -1.50. The van der Waals surface area contributed by atoms with E-state index in [1.54, 1.807) is 0 Å². The number of anilines is 3. The highest BCUT2D eigenvalue weighted by Crippen LogP contribution is 2.65. The predicted molar refractivity (Wildman–Crippen MR) is 232 cm³/mol. The Kier molecular flexibility index (Phi) is 6.97. The first-order valence-corrected chi connectivity index (χ1v) is 23.2. The smallest absolute Gasteiger partial charge is 0.0775 e. The van der Waals surface area contributed by atoms with Crippen LogP contribution in [-0.2, 0) is 10.8 Å². The lowest BCUT2D eigenvalue weighted by Crippen LogP contribution is -2.37. The molecule has 7 aromatic carbocycles. The molecule has 1 heterocycles. The average molecular weight is 718 g/mol. The van der Waals surface area contributed by atoms with Crippen molar-refractivity contribution >= 4 is 61.8 Å². The van der Waals surface area contributed by atoms with E-state index in [4.69, 9.17) is 0 Å². The van der Waals surface area contributed by atoms with Crippen molar-refractivity contribution in [1.29, 1.82) is 0 Å². The van der Waals surface area contributed by atoms with E-state index >= 15 is 0 Å². The molecule has 2 aliphatic rings. The quantitative estimate of drug-likeness (QED) is 0.164. The zero-order chi connectivity index (χ0) is 36.3. The van der Waals surface area contributed by atoms with Gasteiger partial charge in [0, 0.05) is 37.1 Å². The molecule has 53 heavy (non-hydrogen) atoms. The summed E-state index contributed by atoms with van der Waals surface area (Å²) in [6.07, 6.45) is 0. The van der Waals surface area contributed by atoms with Gasteiger partial charge >= 0.3 is 0 Å². The van der Waals surface area contributed by atoms with Crippen LogP contribution in [0.3, 0.4) is 0 Å². The lowest BCUT2D eigenvalue weighted by molar-refractivity contribution is 0.590. The Hall–Kier alpha value is -5.22. The van der Waals surface area contributed by atoms with Gasteiger partial charge in [0.15, 0.2) is 0 Å². The van der Waals surface area contributed by atoms with E-state index in [-0.39, 0.29) is 5.41 Å². The Labute approximate surface area is 318 Å². The summed E-state index contributed by atoms with van der Waals surface area (Å²) in [4.78, 5) is 2.55. The molecule has 1 nitrogen and oxygen atoms in total. The second-order valence-corrected chi connectivity index (χ2v) is 23.1. The van der Waals surface area contributed by atoms with Crippen molar-refractivity contribution in [2.45, 2.75) is 51.2 Å². The van der Waals surface area contributed by atoms with Crippen molar-refractivity contribution in [3.8, 4) is 22.3 Å². The third-order valence-corrected chi connectivity index (χ3v) is 15.1. The van der Waals surface area contributed by atoms with Gasteiger partial charge in [-0.2, -0.15) is 0 Å². The van der Waals surface area contributed by atoms with Crippen LogP contribution in [0, 0.1) is 0 Å². The van der Waals surface area contributed by atoms with Crippen molar-refractivity contribution in [3.05, 3.63) is 179 Å². The largest absolute Gasteiger partial charge is 0.310 e. The standard InChI is InChI=1S/C50H43NSSi/c1-49(2,3)32-23-25-33(26-24-32)51(34-27-29-35(30-28-34)53(4,5)6)44-31-43-46(48-47(44)39-18-10-14-22-45(39)52-48)38-17-9-13-21-42(38)50(43)40-19-11-7-15-36(40)37-16-8-12-20-41(37)50/h7-31H,1-6H3. The zero-order valence-electron chi connectivity index (χ0n) is 31.3. The van der Waals surface area contributed by atoms with Gasteiger partial charge in [0.25, 0.3) is 0 Å². The fourth-order valence-corrected chi connectivity index (χ4v) is 11.7. The molecule has 3 heteroatoms. The van der Waals surface area contributed by atoms with E-state index in [0.29, 0.717) is 0 Å². The molecule has 0 radical (unpaired) electrons. The summed E-state index contributed by atoms with van der Waals surface area (Å²) < 4.78 is 2.68. The first kappa shape index (κ1) is 32.4. The molecule has 0 saturated carbocycles. The van der Waals surface area contributed by atoms with Crippen LogP contribution in [0.5, 0.6) is 0 Å². The van der Waals surface area contributed by atoms with Crippen molar-refractivity contribution in [2.24, 2.45) is 0 Å². The van der Waals surface area contributed by atoms with E-state index in [1.807, 2.05) is 11.3 Å². The summed E-state index contributed by atoms with van der Waals surface area (Å²) in [5.74, 6) is 0. The SMILES string of the molecule is CC(C)(C)c1ccc(N(c2ccc([Si](C)(C)C)cc2)c2cc3c(c4sc5ccccc5c24)-c2ccccc2C32c3ccccc3-c3ccccc32)cc1. The predicted octanol–water partition coefficient (Wildman–Crippen LogP) is 13.7. The fraction of sp³-hybridized carbons (Fsp3) is 0.160. The maximum absolute atomic E-state index is 2.58. The van der Waals surface area contributed by atoms with Gasteiger partial charge in [0.05, 0.1) is 19.2 Å². The van der Waals surface area contributed by atoms with E-state index < -0.39 is 13.5 Å². The first-order chi connectivity index (χ1) is 25.6. The number of fused-ring (bicyclic) bond motifs is 14. The van der Waals surface area contributed by atoms with Crippen LogP contribution in [0.1, 0.15) is 48.6 Å². The maximum atomic E-state index is 2.58. The Balaban J connectivity index is 1.36. The molecule has 0 fully saturated rings. The number of benzene rings is 7. The lowest BCUT2D eigenvalue weighted by Gasteiger charge is -2.33. The summed E-state index contributed by atoms with van der Waals surface area (Å²) in [5, 5.41) is 4.11. The molecule has 8 aromatic rings. The van der Waals surface area contributed by atoms with Gasteiger partial charge in [-0.25, -0.2) is 0 Å². The van der Waals surface area contributed by atoms with Crippen LogP contribution in [0.25, 0.3) is 42.4 Å². The minimum absolute atomic E-state index is 0.0636. The Morgan fingerprint density at radius 2 is 1.06 bits per heavy atom. The highest BCUT2D eigenvalue weighted by molar-refractivity contribution is 7.26. The molecule has 0 atom stereocenters. The van der Waals surface area contributed by atoms with E-state index in [1.165, 1.54) is 92.5 Å². The van der Waals surface area contributed by atoms with Crippen LogP contribution in [0.2, 0.25) is 19.6 Å². The fourth-order valence-electron chi connectivity index (χ4n) is 9.26. The molecule has 1 aromatic heterocycles. The Morgan fingerprint density at radius 1 is 0.547 bits per heavy atom. The maximum Gasteiger partial charge on any atom is 0.0775 e. The van der Waals surface area contributed by atoms with Crippen LogP contribution in [0.4, 0.5) is 17.1 Å². The van der Waals surface area contributed by atoms with Crippen LogP contribution in [-0.4, -0.2) is 8.07 Å². The van der Waals surface area contributed by atoms with Crippen molar-refractivity contribution in [2.75, 3.05) is 4.90 Å². The van der Waals surface area contributed by atoms with Crippen molar-refractivity contribution in [1.82, 2.24) is 0 Å². The molecular weight excluding hydrogens is 675 g/mol. The number of rotatable bonds is 4. The molecular formula is C50H43NSSi. The topological polar surface area (TPSA) is 3.24 Å². The molecule has 10 rings (SSSR count). The number of nitrogens with zero attached hydrogens (tertiary/aromatic N) is 1. The molecule has 1 spiro atoms. The van der Waals surface area contributed by atoms with E-state index in [2.05, 4.69) is 197 Å². The van der Waals surface area contributed by atoms with Gasteiger partial charge in [0.2, 0.25) is 0 Å². The van der Waals surface area contributed by atoms with Gasteiger partial charge in [-0.15, -0.1) is 11.3 Å². The number of hydrogen-bond acceptors (Lipinski definition) is 2. The second-order valence-electron chi connectivity index (χ2n) is 16.9. The average Bonchev–Trinajstić information content (AvgIpc) is 3.79. The third kappa shape index (κ3) is 4.60. The Morgan fingerprint density at radius 3 is 1.64 bits per heavy atom. The first-order valence-electron chi connectivity index (χ1n) is 18.9. The molecule has 258 valence electrons. The molecule has 0 aliphatic heterocycles. The number of hydrogen-bond donors (Lipinski definition) is 0. The van der Waals surface area contributed by atoms with Gasteiger partial charge in [-0.3, -0.25) is 0 Å². The van der Waals surface area contributed by atoms with Gasteiger partial charge in [-0.1, -0.05) is 161 Å². The molecule has 0 unspecified atom stereocenters. The summed E-state index contributed by atoms with van der Waals surface area (Å²) in [7, 11) is -1.50. The van der Waals surface area contributed by atoms with Gasteiger partial charge in [-0.05, 0) is 86.3 Å². The van der Waals surface area contributed by atoms with E-state index in [9.17, 15) is 0 Å². The van der Waals surface area contributed by atoms with Crippen LogP contribution in [0.15, 0.2) is 152 Å². The Bertz CT molecular complexity index is 2640.